The molecule has 1 aromatic carbocycles. The first kappa shape index (κ1) is 14.4. The van der Waals surface area contributed by atoms with Crippen LogP contribution in [0.15, 0.2) is 24.3 Å². The summed E-state index contributed by atoms with van der Waals surface area (Å²) < 4.78 is 0. The molecule has 5 nitrogen and oxygen atoms in total. The highest BCUT2D eigenvalue weighted by atomic mass is 16.4. The van der Waals surface area contributed by atoms with Crippen molar-refractivity contribution in [3.05, 3.63) is 29.8 Å². The van der Waals surface area contributed by atoms with Crippen molar-refractivity contribution in [1.29, 1.82) is 0 Å². The highest BCUT2D eigenvalue weighted by Crippen LogP contribution is 2.21. The lowest BCUT2D eigenvalue weighted by molar-refractivity contribution is -0.138. The van der Waals surface area contributed by atoms with Crippen molar-refractivity contribution in [3.8, 4) is 0 Å². The maximum absolute atomic E-state index is 12.2. The van der Waals surface area contributed by atoms with Crippen molar-refractivity contribution in [2.75, 3.05) is 18.4 Å². The Hall–Kier alpha value is -2.04. The van der Waals surface area contributed by atoms with Crippen molar-refractivity contribution < 1.29 is 14.7 Å². The van der Waals surface area contributed by atoms with Gasteiger partial charge in [-0.15, -0.1) is 0 Å². The van der Waals surface area contributed by atoms with E-state index in [4.69, 9.17) is 5.11 Å². The molecule has 1 aromatic rings. The first-order chi connectivity index (χ1) is 9.56. The van der Waals surface area contributed by atoms with Gasteiger partial charge in [0.15, 0.2) is 0 Å². The van der Waals surface area contributed by atoms with Crippen LogP contribution in [0.1, 0.15) is 24.8 Å². The number of nitrogens with one attached hydrogen (secondary N) is 1. The maximum Gasteiger partial charge on any atom is 0.321 e. The SMILES string of the molecule is Cc1ccccc1NC(=O)N1CCCC(CC(=O)O)C1. The van der Waals surface area contributed by atoms with Gasteiger partial charge in [-0.25, -0.2) is 4.79 Å². The number of para-hydroxylation sites is 1. The maximum atomic E-state index is 12.2. The second kappa shape index (κ2) is 6.41. The van der Waals surface area contributed by atoms with Gasteiger partial charge in [0.1, 0.15) is 0 Å². The number of carboxylic acid groups (broad SMARTS) is 1. The van der Waals surface area contributed by atoms with Crippen molar-refractivity contribution in [3.63, 3.8) is 0 Å². The number of carboxylic acids is 1. The molecule has 20 heavy (non-hydrogen) atoms. The molecule has 0 spiro atoms. The minimum Gasteiger partial charge on any atom is -0.481 e. The number of carbonyl (C=O) groups excluding carboxylic acids is 1. The highest BCUT2D eigenvalue weighted by Gasteiger charge is 2.25. The van der Waals surface area contributed by atoms with E-state index in [0.29, 0.717) is 13.1 Å². The van der Waals surface area contributed by atoms with E-state index in [0.717, 1.165) is 24.1 Å². The first-order valence-electron chi connectivity index (χ1n) is 6.89. The molecule has 108 valence electrons. The predicted molar refractivity (Wildman–Crippen MR) is 76.7 cm³/mol. The number of rotatable bonds is 3. The molecule has 0 aliphatic carbocycles. The lowest BCUT2D eigenvalue weighted by Crippen LogP contribution is -2.42. The number of urea groups is 1. The molecule has 1 saturated heterocycles. The molecule has 0 radical (unpaired) electrons. The second-order valence-electron chi connectivity index (χ2n) is 5.30. The zero-order valence-electron chi connectivity index (χ0n) is 11.6. The largest absolute Gasteiger partial charge is 0.481 e. The lowest BCUT2D eigenvalue weighted by Gasteiger charge is -2.32. The van der Waals surface area contributed by atoms with Crippen LogP contribution in [0.3, 0.4) is 0 Å². The molecule has 0 bridgehead atoms. The summed E-state index contributed by atoms with van der Waals surface area (Å²) in [6.07, 6.45) is 1.87. The van der Waals surface area contributed by atoms with Crippen LogP contribution in [0.2, 0.25) is 0 Å². The van der Waals surface area contributed by atoms with E-state index in [1.807, 2.05) is 31.2 Å². The van der Waals surface area contributed by atoms with Crippen LogP contribution < -0.4 is 5.32 Å². The zero-order valence-corrected chi connectivity index (χ0v) is 11.6. The van der Waals surface area contributed by atoms with Crippen molar-refractivity contribution in [2.45, 2.75) is 26.2 Å². The number of nitrogens with zero attached hydrogens (tertiary/aromatic N) is 1. The lowest BCUT2D eigenvalue weighted by atomic mass is 9.95. The quantitative estimate of drug-likeness (QED) is 0.891. The number of anilines is 1. The molecule has 5 heteroatoms. The summed E-state index contributed by atoms with van der Waals surface area (Å²) in [5.41, 5.74) is 1.82. The fourth-order valence-electron chi connectivity index (χ4n) is 2.57. The van der Waals surface area contributed by atoms with Gasteiger partial charge < -0.3 is 15.3 Å². The van der Waals surface area contributed by atoms with Gasteiger partial charge in [0.25, 0.3) is 0 Å². The highest BCUT2D eigenvalue weighted by molar-refractivity contribution is 5.90. The van der Waals surface area contributed by atoms with E-state index in [1.165, 1.54) is 0 Å². The normalized spacial score (nSPS) is 18.6. The van der Waals surface area contributed by atoms with Crippen LogP contribution in [0.25, 0.3) is 0 Å². The van der Waals surface area contributed by atoms with Crippen LogP contribution in [0.4, 0.5) is 10.5 Å². The monoisotopic (exact) mass is 276 g/mol. The van der Waals surface area contributed by atoms with Crippen molar-refractivity contribution >= 4 is 17.7 Å². The number of aryl methyl sites for hydroxylation is 1. The van der Waals surface area contributed by atoms with Crippen LogP contribution in [-0.4, -0.2) is 35.1 Å². The summed E-state index contributed by atoms with van der Waals surface area (Å²) in [6.45, 7) is 3.15. The van der Waals surface area contributed by atoms with Gasteiger partial charge in [0.05, 0.1) is 0 Å². The Bertz CT molecular complexity index is 502. The molecule has 1 fully saturated rings. The average molecular weight is 276 g/mol. The number of hydrogen-bond acceptors (Lipinski definition) is 2. The Labute approximate surface area is 118 Å². The van der Waals surface area contributed by atoms with Gasteiger partial charge in [-0.3, -0.25) is 4.79 Å². The Balaban J connectivity index is 1.95. The first-order valence-corrected chi connectivity index (χ1v) is 6.89. The fraction of sp³-hybridized carbons (Fsp3) is 0.467. The van der Waals surface area contributed by atoms with Crippen LogP contribution in [0, 0.1) is 12.8 Å². The number of aliphatic carboxylic acids is 1. The average Bonchev–Trinajstić information content (AvgIpc) is 2.41. The van der Waals surface area contributed by atoms with Crippen LogP contribution in [0.5, 0.6) is 0 Å². The van der Waals surface area contributed by atoms with Gasteiger partial charge in [0.2, 0.25) is 0 Å². The van der Waals surface area contributed by atoms with E-state index in [2.05, 4.69) is 5.32 Å². The Morgan fingerprint density at radius 3 is 2.85 bits per heavy atom. The molecule has 1 aliphatic heterocycles. The molecule has 2 amide bonds. The van der Waals surface area contributed by atoms with E-state index >= 15 is 0 Å². The molecule has 2 rings (SSSR count). The molecule has 1 unspecified atom stereocenters. The molecule has 0 aromatic heterocycles. The Morgan fingerprint density at radius 2 is 2.15 bits per heavy atom. The van der Waals surface area contributed by atoms with Crippen molar-refractivity contribution in [2.24, 2.45) is 5.92 Å². The topological polar surface area (TPSA) is 69.6 Å². The molecule has 1 heterocycles. The number of carbonyl (C=O) groups is 2. The molecular weight excluding hydrogens is 256 g/mol. The van der Waals surface area contributed by atoms with Gasteiger partial charge in [0, 0.05) is 25.2 Å². The van der Waals surface area contributed by atoms with Gasteiger partial charge in [-0.05, 0) is 37.3 Å². The summed E-state index contributed by atoms with van der Waals surface area (Å²) in [6, 6.07) is 7.47. The Kier molecular flexibility index (Phi) is 4.61. The third-order valence-electron chi connectivity index (χ3n) is 3.66. The second-order valence-corrected chi connectivity index (χ2v) is 5.30. The van der Waals surface area contributed by atoms with E-state index in [1.54, 1.807) is 4.90 Å². The standard InChI is InChI=1S/C15H20N2O3/c1-11-5-2-3-7-13(11)16-15(20)17-8-4-6-12(10-17)9-14(18)19/h2-3,5,7,12H,4,6,8-10H2,1H3,(H,16,20)(H,18,19). The summed E-state index contributed by atoms with van der Waals surface area (Å²) in [7, 11) is 0. The zero-order chi connectivity index (χ0) is 14.5. The minimum atomic E-state index is -0.795. The summed E-state index contributed by atoms with van der Waals surface area (Å²) in [5.74, 6) is -0.736. The Morgan fingerprint density at radius 1 is 1.40 bits per heavy atom. The van der Waals surface area contributed by atoms with Crippen LogP contribution >= 0.6 is 0 Å². The molecule has 1 aliphatic rings. The van der Waals surface area contributed by atoms with Gasteiger partial charge in [-0.1, -0.05) is 18.2 Å². The molecule has 2 N–H and O–H groups in total. The summed E-state index contributed by atoms with van der Waals surface area (Å²) in [5, 5.41) is 11.7. The summed E-state index contributed by atoms with van der Waals surface area (Å²) >= 11 is 0. The number of benzene rings is 1. The van der Waals surface area contributed by atoms with E-state index < -0.39 is 5.97 Å². The van der Waals surface area contributed by atoms with Crippen molar-refractivity contribution in [1.82, 2.24) is 4.90 Å². The molecule has 0 saturated carbocycles. The van der Waals surface area contributed by atoms with Gasteiger partial charge >= 0.3 is 12.0 Å². The molecule has 1 atom stereocenters. The third kappa shape index (κ3) is 3.73. The number of likely N-dealkylation sites (tertiary alicyclic amines) is 1. The van der Waals surface area contributed by atoms with E-state index in [9.17, 15) is 9.59 Å². The van der Waals surface area contributed by atoms with E-state index in [-0.39, 0.29) is 18.4 Å². The number of amides is 2. The third-order valence-corrected chi connectivity index (χ3v) is 3.66. The number of piperidine rings is 1. The molecular formula is C15H20N2O3. The number of hydrogen-bond donors (Lipinski definition) is 2. The smallest absolute Gasteiger partial charge is 0.321 e. The van der Waals surface area contributed by atoms with Gasteiger partial charge in [-0.2, -0.15) is 0 Å². The fourth-order valence-corrected chi connectivity index (χ4v) is 2.57. The predicted octanol–water partition coefficient (Wildman–Crippen LogP) is 2.71. The minimum absolute atomic E-state index is 0.0591. The summed E-state index contributed by atoms with van der Waals surface area (Å²) in [4.78, 5) is 24.7. The van der Waals surface area contributed by atoms with Crippen LogP contribution in [-0.2, 0) is 4.79 Å².